The molecular weight excluding hydrogens is 431 g/mol. The Morgan fingerprint density at radius 1 is 1.15 bits per heavy atom. The van der Waals surface area contributed by atoms with Gasteiger partial charge in [0.25, 0.3) is 5.91 Å². The number of aryl methyl sites for hydroxylation is 1. The molecule has 1 aliphatic heterocycles. The van der Waals surface area contributed by atoms with Gasteiger partial charge in [0, 0.05) is 55.3 Å². The first-order valence-electron chi connectivity index (χ1n) is 11.5. The van der Waals surface area contributed by atoms with E-state index in [9.17, 15) is 9.18 Å². The third-order valence-electron chi connectivity index (χ3n) is 5.64. The molecule has 0 bridgehead atoms. The average molecular weight is 461 g/mol. The Morgan fingerprint density at radius 3 is 2.62 bits per heavy atom. The minimum absolute atomic E-state index is 0.0973. The number of halogens is 1. The Hall–Kier alpha value is -3.63. The molecular formula is C27H29FN4O2. The first kappa shape index (κ1) is 23.5. The number of ether oxygens (including phenoxy) is 1. The Labute approximate surface area is 199 Å². The predicted molar refractivity (Wildman–Crippen MR) is 130 cm³/mol. The molecule has 3 aromatic rings. The van der Waals surface area contributed by atoms with Crippen LogP contribution in [0.5, 0.6) is 0 Å². The molecule has 1 fully saturated rings. The van der Waals surface area contributed by atoms with Crippen molar-refractivity contribution < 1.29 is 13.9 Å². The molecule has 176 valence electrons. The van der Waals surface area contributed by atoms with Crippen LogP contribution in [0.25, 0.3) is 0 Å². The fraction of sp³-hybridized carbons (Fsp3) is 0.333. The molecule has 4 rings (SSSR count). The van der Waals surface area contributed by atoms with E-state index >= 15 is 0 Å². The second kappa shape index (κ2) is 11.0. The predicted octanol–water partition coefficient (Wildman–Crippen LogP) is 3.86. The summed E-state index contributed by atoms with van der Waals surface area (Å²) in [5, 5.41) is 2.99. The van der Waals surface area contributed by atoms with E-state index in [4.69, 9.17) is 4.74 Å². The van der Waals surface area contributed by atoms with Crippen LogP contribution in [0, 0.1) is 17.7 Å². The van der Waals surface area contributed by atoms with Crippen molar-refractivity contribution in [2.75, 3.05) is 24.5 Å². The molecule has 0 saturated carbocycles. The van der Waals surface area contributed by atoms with E-state index in [-0.39, 0.29) is 23.9 Å². The van der Waals surface area contributed by atoms with Crippen LogP contribution in [-0.2, 0) is 11.3 Å². The van der Waals surface area contributed by atoms with Crippen LogP contribution in [0.4, 0.5) is 10.1 Å². The van der Waals surface area contributed by atoms with Crippen LogP contribution in [0.3, 0.4) is 0 Å². The fourth-order valence-electron chi connectivity index (χ4n) is 4.09. The number of amides is 1. The van der Waals surface area contributed by atoms with Crippen molar-refractivity contribution in [3.8, 4) is 11.8 Å². The van der Waals surface area contributed by atoms with E-state index < -0.39 is 0 Å². The van der Waals surface area contributed by atoms with Crippen molar-refractivity contribution in [1.82, 2.24) is 14.9 Å². The number of hydrogen-bond donors (Lipinski definition) is 1. The molecule has 7 heteroatoms. The van der Waals surface area contributed by atoms with Gasteiger partial charge < -0.3 is 19.5 Å². The maximum absolute atomic E-state index is 13.3. The molecule has 2 aromatic carbocycles. The number of aromatic nitrogens is 2. The Kier molecular flexibility index (Phi) is 7.61. The van der Waals surface area contributed by atoms with Crippen molar-refractivity contribution in [2.45, 2.75) is 39.0 Å². The monoisotopic (exact) mass is 460 g/mol. The Balaban J connectivity index is 1.53. The Morgan fingerprint density at radius 2 is 1.91 bits per heavy atom. The number of rotatable bonds is 6. The van der Waals surface area contributed by atoms with Gasteiger partial charge in [-0.2, -0.15) is 0 Å². The zero-order chi connectivity index (χ0) is 23.9. The normalized spacial score (nSPS) is 17.7. The van der Waals surface area contributed by atoms with Crippen LogP contribution >= 0.6 is 0 Å². The average Bonchev–Trinajstić information content (AvgIpc) is 3.34. The zero-order valence-corrected chi connectivity index (χ0v) is 19.5. The van der Waals surface area contributed by atoms with Crippen molar-refractivity contribution in [3.63, 3.8) is 0 Å². The molecule has 34 heavy (non-hydrogen) atoms. The van der Waals surface area contributed by atoms with Crippen LogP contribution in [0.2, 0.25) is 0 Å². The van der Waals surface area contributed by atoms with Crippen molar-refractivity contribution in [3.05, 3.63) is 83.7 Å². The number of carbonyl (C=O) groups is 1. The maximum Gasteiger partial charge on any atom is 0.251 e. The van der Waals surface area contributed by atoms with Gasteiger partial charge in [-0.25, -0.2) is 9.37 Å². The lowest BCUT2D eigenvalue weighted by Crippen LogP contribution is -2.45. The van der Waals surface area contributed by atoms with Gasteiger partial charge in [0.15, 0.2) is 0 Å². The summed E-state index contributed by atoms with van der Waals surface area (Å²) in [5.74, 6) is 5.89. The summed E-state index contributed by atoms with van der Waals surface area (Å²) in [4.78, 5) is 19.1. The van der Waals surface area contributed by atoms with E-state index in [1.807, 2.05) is 29.0 Å². The van der Waals surface area contributed by atoms with Gasteiger partial charge in [0.2, 0.25) is 0 Å². The highest BCUT2D eigenvalue weighted by atomic mass is 19.1. The quantitative estimate of drug-likeness (QED) is 0.448. The molecule has 1 amide bonds. The van der Waals surface area contributed by atoms with Crippen LogP contribution < -0.4 is 10.2 Å². The lowest BCUT2D eigenvalue weighted by Gasteiger charge is -2.37. The molecule has 0 radical (unpaired) electrons. The summed E-state index contributed by atoms with van der Waals surface area (Å²) in [6.45, 7) is 6.95. The summed E-state index contributed by atoms with van der Waals surface area (Å²) >= 11 is 0. The molecule has 1 N–H and O–H groups in total. The number of carbonyl (C=O) groups excluding carboxylic acids is 1. The standard InChI is InChI=1S/C27H29FN4O2/c1-20-17-32(18-21(2)34-20)26-11-8-24(27(33)30-12-3-14-31-15-13-29-19-31)16-23(26)7-4-22-5-9-25(28)10-6-22/h5-6,8-11,13,15-16,19-21H,3,12,14,17-18H2,1-2H3,(H,30,33). The number of benzene rings is 2. The lowest BCUT2D eigenvalue weighted by molar-refractivity contribution is -0.00523. The maximum atomic E-state index is 13.3. The summed E-state index contributed by atoms with van der Waals surface area (Å²) < 4.78 is 21.1. The molecule has 1 aliphatic rings. The van der Waals surface area contributed by atoms with Crippen molar-refractivity contribution in [2.24, 2.45) is 0 Å². The summed E-state index contributed by atoms with van der Waals surface area (Å²) in [6.07, 6.45) is 6.41. The lowest BCUT2D eigenvalue weighted by atomic mass is 10.0. The minimum atomic E-state index is -0.297. The Bertz CT molecular complexity index is 1160. The van der Waals surface area contributed by atoms with Crippen molar-refractivity contribution in [1.29, 1.82) is 0 Å². The summed E-state index contributed by atoms with van der Waals surface area (Å²) in [6, 6.07) is 11.7. The third-order valence-corrected chi connectivity index (χ3v) is 5.64. The number of hydrogen-bond acceptors (Lipinski definition) is 4. The molecule has 2 unspecified atom stereocenters. The zero-order valence-electron chi connectivity index (χ0n) is 19.5. The smallest absolute Gasteiger partial charge is 0.251 e. The van der Waals surface area contributed by atoms with Gasteiger partial charge in [-0.1, -0.05) is 11.8 Å². The first-order valence-corrected chi connectivity index (χ1v) is 11.5. The molecule has 0 spiro atoms. The van der Waals surface area contributed by atoms with E-state index in [0.29, 0.717) is 17.7 Å². The number of nitrogens with one attached hydrogen (secondary N) is 1. The molecule has 2 heterocycles. The van der Waals surface area contributed by atoms with Gasteiger partial charge >= 0.3 is 0 Å². The van der Waals surface area contributed by atoms with Gasteiger partial charge in [-0.3, -0.25) is 4.79 Å². The minimum Gasteiger partial charge on any atom is -0.372 e. The molecule has 1 aromatic heterocycles. The number of morpholine rings is 1. The van der Waals surface area contributed by atoms with E-state index in [1.54, 1.807) is 24.7 Å². The second-order valence-corrected chi connectivity index (χ2v) is 8.56. The van der Waals surface area contributed by atoms with E-state index in [2.05, 4.69) is 40.9 Å². The molecule has 0 aliphatic carbocycles. The van der Waals surface area contributed by atoms with Crippen LogP contribution in [0.15, 0.2) is 61.2 Å². The van der Waals surface area contributed by atoms with Gasteiger partial charge in [0.1, 0.15) is 5.82 Å². The third kappa shape index (κ3) is 6.24. The topological polar surface area (TPSA) is 59.4 Å². The van der Waals surface area contributed by atoms with Gasteiger partial charge in [0.05, 0.1) is 24.2 Å². The first-order chi connectivity index (χ1) is 16.5. The summed E-state index contributed by atoms with van der Waals surface area (Å²) in [7, 11) is 0. The number of nitrogens with zero attached hydrogens (tertiary/aromatic N) is 3. The van der Waals surface area contributed by atoms with E-state index in [1.165, 1.54) is 12.1 Å². The van der Waals surface area contributed by atoms with E-state index in [0.717, 1.165) is 37.3 Å². The largest absolute Gasteiger partial charge is 0.372 e. The summed E-state index contributed by atoms with van der Waals surface area (Å²) in [5.41, 5.74) is 3.00. The van der Waals surface area contributed by atoms with Crippen molar-refractivity contribution >= 4 is 11.6 Å². The fourth-order valence-corrected chi connectivity index (χ4v) is 4.09. The molecule has 1 saturated heterocycles. The van der Waals surface area contributed by atoms with Crippen LogP contribution in [0.1, 0.15) is 41.8 Å². The van der Waals surface area contributed by atoms with Gasteiger partial charge in [-0.15, -0.1) is 0 Å². The molecule has 6 nitrogen and oxygen atoms in total. The highest BCUT2D eigenvalue weighted by Gasteiger charge is 2.24. The SMILES string of the molecule is CC1CN(c2ccc(C(=O)NCCCn3ccnc3)cc2C#Cc2ccc(F)cc2)CC(C)O1. The number of imidazole rings is 1. The number of anilines is 1. The highest BCUT2D eigenvalue weighted by Crippen LogP contribution is 2.25. The molecule has 2 atom stereocenters. The highest BCUT2D eigenvalue weighted by molar-refractivity contribution is 5.95. The van der Waals surface area contributed by atoms with Gasteiger partial charge in [-0.05, 0) is 62.7 Å². The van der Waals surface area contributed by atoms with Crippen LogP contribution in [-0.4, -0.2) is 47.3 Å². The second-order valence-electron chi connectivity index (χ2n) is 8.56.